The van der Waals surface area contributed by atoms with Crippen molar-refractivity contribution in [3.05, 3.63) is 11.5 Å². The Kier molecular flexibility index (Phi) is 5.62. The molecule has 0 aromatic carbocycles. The maximum atomic E-state index is 15.0. The second-order valence-electron chi connectivity index (χ2n) is 8.31. The summed E-state index contributed by atoms with van der Waals surface area (Å²) in [7, 11) is -0.372. The Morgan fingerprint density at radius 3 is 2.48 bits per heavy atom. The highest BCUT2D eigenvalue weighted by atomic mass is 19.1. The van der Waals surface area contributed by atoms with Crippen molar-refractivity contribution in [2.75, 3.05) is 33.0 Å². The topological polar surface area (TPSA) is 46.2 Å². The molecule has 0 aromatic heterocycles. The molecule has 2 saturated heterocycles. The molecule has 0 saturated carbocycles. The quantitative estimate of drug-likeness (QED) is 0.709. The maximum absolute atomic E-state index is 15.0. The molecule has 25 heavy (non-hydrogen) atoms. The first-order valence-corrected chi connectivity index (χ1v) is 9.21. The molecular formula is C18H30BFO5. The first-order valence-electron chi connectivity index (χ1n) is 9.21. The summed E-state index contributed by atoms with van der Waals surface area (Å²) < 4.78 is 43.5. The Hall–Kier alpha value is -0.465. The number of hydrogen-bond acceptors (Lipinski definition) is 5. The van der Waals surface area contributed by atoms with Gasteiger partial charge >= 0.3 is 7.12 Å². The molecular weight excluding hydrogens is 326 g/mol. The van der Waals surface area contributed by atoms with Gasteiger partial charge in [0.15, 0.2) is 0 Å². The van der Waals surface area contributed by atoms with E-state index in [1.807, 2.05) is 33.8 Å². The van der Waals surface area contributed by atoms with Crippen LogP contribution in [0.25, 0.3) is 0 Å². The van der Waals surface area contributed by atoms with Crippen LogP contribution in [-0.4, -0.2) is 63.1 Å². The molecule has 0 aromatic rings. The zero-order valence-corrected chi connectivity index (χ0v) is 15.8. The van der Waals surface area contributed by atoms with Crippen LogP contribution in [0.1, 0.15) is 47.0 Å². The number of alkyl halides is 1. The lowest BCUT2D eigenvalue weighted by atomic mass is 9.70. The number of rotatable bonds is 5. The Morgan fingerprint density at radius 1 is 1.20 bits per heavy atom. The summed E-state index contributed by atoms with van der Waals surface area (Å²) in [6.45, 7) is 10.3. The van der Waals surface area contributed by atoms with Crippen molar-refractivity contribution in [2.24, 2.45) is 0 Å². The third-order valence-electron chi connectivity index (χ3n) is 5.70. The zero-order chi connectivity index (χ0) is 18.1. The van der Waals surface area contributed by atoms with E-state index in [1.165, 1.54) is 0 Å². The van der Waals surface area contributed by atoms with Crippen LogP contribution in [0, 0.1) is 0 Å². The molecule has 2 aliphatic heterocycles. The first-order chi connectivity index (χ1) is 11.7. The van der Waals surface area contributed by atoms with Gasteiger partial charge in [-0.05, 0) is 46.0 Å². The molecule has 2 fully saturated rings. The number of hydrogen-bond donors (Lipinski definition) is 0. The van der Waals surface area contributed by atoms with Crippen molar-refractivity contribution in [1.82, 2.24) is 0 Å². The summed E-state index contributed by atoms with van der Waals surface area (Å²) in [6, 6.07) is 0. The van der Waals surface area contributed by atoms with Gasteiger partial charge in [0.05, 0.1) is 44.2 Å². The van der Waals surface area contributed by atoms with Gasteiger partial charge in [0.2, 0.25) is 0 Å². The SMILES string of the molecule is CC1(C)OB(C2=CCC(F)(COCC3COCCO3)CC2)OC1(C)C. The monoisotopic (exact) mass is 356 g/mol. The van der Waals surface area contributed by atoms with Gasteiger partial charge in [-0.3, -0.25) is 0 Å². The predicted molar refractivity (Wildman–Crippen MR) is 93.2 cm³/mol. The second-order valence-corrected chi connectivity index (χ2v) is 8.31. The van der Waals surface area contributed by atoms with E-state index in [0.29, 0.717) is 45.7 Å². The summed E-state index contributed by atoms with van der Waals surface area (Å²) in [4.78, 5) is 0. The Morgan fingerprint density at radius 2 is 1.92 bits per heavy atom. The predicted octanol–water partition coefficient (Wildman–Crippen LogP) is 2.87. The van der Waals surface area contributed by atoms with E-state index in [1.54, 1.807) is 0 Å². The van der Waals surface area contributed by atoms with E-state index in [2.05, 4.69) is 0 Å². The van der Waals surface area contributed by atoms with Gasteiger partial charge < -0.3 is 23.5 Å². The fraction of sp³-hybridized carbons (Fsp3) is 0.889. The van der Waals surface area contributed by atoms with Gasteiger partial charge in [-0.1, -0.05) is 6.08 Å². The van der Waals surface area contributed by atoms with Gasteiger partial charge in [0, 0.05) is 6.42 Å². The van der Waals surface area contributed by atoms with Crippen molar-refractivity contribution in [3.63, 3.8) is 0 Å². The average Bonchev–Trinajstić information content (AvgIpc) is 2.77. The van der Waals surface area contributed by atoms with Crippen LogP contribution in [0.4, 0.5) is 4.39 Å². The Balaban J connectivity index is 1.48. The highest BCUT2D eigenvalue weighted by Crippen LogP contribution is 2.41. The number of allylic oxidation sites excluding steroid dienone is 2. The minimum absolute atomic E-state index is 0.0833. The molecule has 0 N–H and O–H groups in total. The Labute approximate surface area is 150 Å². The largest absolute Gasteiger partial charge is 0.490 e. The average molecular weight is 356 g/mol. The lowest BCUT2D eigenvalue weighted by Crippen LogP contribution is -2.41. The molecule has 0 bridgehead atoms. The summed E-state index contributed by atoms with van der Waals surface area (Å²) in [5.74, 6) is 0. The summed E-state index contributed by atoms with van der Waals surface area (Å²) >= 11 is 0. The lowest BCUT2D eigenvalue weighted by molar-refractivity contribution is -0.124. The summed E-state index contributed by atoms with van der Waals surface area (Å²) in [6.07, 6.45) is 3.21. The molecule has 2 heterocycles. The molecule has 1 aliphatic carbocycles. The smallest absolute Gasteiger partial charge is 0.400 e. The normalized spacial score (nSPS) is 34.8. The number of ether oxygens (including phenoxy) is 3. The van der Waals surface area contributed by atoms with Crippen LogP contribution in [0.15, 0.2) is 11.5 Å². The van der Waals surface area contributed by atoms with Gasteiger partial charge in [-0.25, -0.2) is 4.39 Å². The third kappa shape index (κ3) is 4.45. The van der Waals surface area contributed by atoms with Crippen LogP contribution in [0.2, 0.25) is 0 Å². The maximum Gasteiger partial charge on any atom is 0.490 e. The molecule has 3 aliphatic rings. The van der Waals surface area contributed by atoms with Crippen molar-refractivity contribution in [3.8, 4) is 0 Å². The standard InChI is InChI=1S/C18H30BFO5/c1-16(2)17(3,4)25-19(24-16)14-5-7-18(20,8-6-14)13-22-12-15-11-21-9-10-23-15/h5,15H,6-13H2,1-4H3. The van der Waals surface area contributed by atoms with E-state index < -0.39 is 5.67 Å². The zero-order valence-electron chi connectivity index (χ0n) is 15.8. The molecule has 2 unspecified atom stereocenters. The van der Waals surface area contributed by atoms with Crippen LogP contribution in [0.5, 0.6) is 0 Å². The van der Waals surface area contributed by atoms with Crippen molar-refractivity contribution in [1.29, 1.82) is 0 Å². The van der Waals surface area contributed by atoms with E-state index in [9.17, 15) is 4.39 Å². The van der Waals surface area contributed by atoms with Crippen LogP contribution in [0.3, 0.4) is 0 Å². The van der Waals surface area contributed by atoms with Crippen LogP contribution in [-0.2, 0) is 23.5 Å². The molecule has 0 radical (unpaired) electrons. The minimum atomic E-state index is -1.33. The van der Waals surface area contributed by atoms with E-state index in [0.717, 1.165) is 5.47 Å². The van der Waals surface area contributed by atoms with E-state index in [4.69, 9.17) is 23.5 Å². The molecule has 2 atom stereocenters. The fourth-order valence-electron chi connectivity index (χ4n) is 3.23. The molecule has 0 amide bonds. The molecule has 0 spiro atoms. The van der Waals surface area contributed by atoms with E-state index in [-0.39, 0.29) is 31.0 Å². The molecule has 7 heteroatoms. The van der Waals surface area contributed by atoms with Gasteiger partial charge in [-0.2, -0.15) is 0 Å². The fourth-order valence-corrected chi connectivity index (χ4v) is 3.23. The lowest BCUT2D eigenvalue weighted by Gasteiger charge is -2.32. The molecule has 5 nitrogen and oxygen atoms in total. The summed E-state index contributed by atoms with van der Waals surface area (Å²) in [5, 5.41) is 0. The van der Waals surface area contributed by atoms with E-state index >= 15 is 0 Å². The highest BCUT2D eigenvalue weighted by molar-refractivity contribution is 6.54. The van der Waals surface area contributed by atoms with Crippen LogP contribution >= 0.6 is 0 Å². The van der Waals surface area contributed by atoms with Gasteiger partial charge in [-0.15, -0.1) is 0 Å². The number of halogens is 1. The third-order valence-corrected chi connectivity index (χ3v) is 5.70. The highest BCUT2D eigenvalue weighted by Gasteiger charge is 2.53. The van der Waals surface area contributed by atoms with Crippen LogP contribution < -0.4 is 0 Å². The van der Waals surface area contributed by atoms with Gasteiger partial charge in [0.1, 0.15) is 11.8 Å². The molecule has 3 rings (SSSR count). The van der Waals surface area contributed by atoms with Crippen molar-refractivity contribution >= 4 is 7.12 Å². The Bertz CT molecular complexity index is 488. The summed E-state index contributed by atoms with van der Waals surface area (Å²) in [5.41, 5.74) is -1.03. The minimum Gasteiger partial charge on any atom is -0.400 e. The molecule has 142 valence electrons. The first kappa shape index (κ1) is 19.3. The van der Waals surface area contributed by atoms with Gasteiger partial charge in [0.25, 0.3) is 0 Å². The van der Waals surface area contributed by atoms with Crippen molar-refractivity contribution < 1.29 is 27.9 Å². The second kappa shape index (κ2) is 7.27. The van der Waals surface area contributed by atoms with Crippen molar-refractivity contribution in [2.45, 2.75) is 69.9 Å².